The molecule has 1 amide bonds. The first-order chi connectivity index (χ1) is 12.4. The number of aliphatic hydroxyl groups is 1. The Morgan fingerprint density at radius 2 is 1.85 bits per heavy atom. The summed E-state index contributed by atoms with van der Waals surface area (Å²) in [6.07, 6.45) is 5.02. The number of fused-ring (bicyclic) bond motifs is 1. The molecule has 132 valence electrons. The van der Waals surface area contributed by atoms with E-state index in [0.717, 1.165) is 5.69 Å². The molecule has 1 N–H and O–H groups in total. The summed E-state index contributed by atoms with van der Waals surface area (Å²) in [6, 6.07) is 13.9. The maximum Gasteiger partial charge on any atom is 0.265 e. The minimum absolute atomic E-state index is 0.0455. The van der Waals surface area contributed by atoms with Crippen LogP contribution in [-0.4, -0.2) is 37.4 Å². The molecule has 0 radical (unpaired) electrons. The van der Waals surface area contributed by atoms with Crippen molar-refractivity contribution in [2.75, 3.05) is 30.4 Å². The van der Waals surface area contributed by atoms with Crippen LogP contribution in [0.5, 0.6) is 0 Å². The molecule has 1 aliphatic rings. The summed E-state index contributed by atoms with van der Waals surface area (Å²) in [4.78, 5) is 28.8. The van der Waals surface area contributed by atoms with Gasteiger partial charge in [0.05, 0.1) is 18.7 Å². The van der Waals surface area contributed by atoms with Crippen molar-refractivity contribution in [1.29, 1.82) is 0 Å². The van der Waals surface area contributed by atoms with Gasteiger partial charge in [-0.15, -0.1) is 6.42 Å². The van der Waals surface area contributed by atoms with Crippen LogP contribution in [0.2, 0.25) is 0 Å². The van der Waals surface area contributed by atoms with Gasteiger partial charge < -0.3 is 10.0 Å². The van der Waals surface area contributed by atoms with Gasteiger partial charge in [-0.3, -0.25) is 14.5 Å². The van der Waals surface area contributed by atoms with Crippen molar-refractivity contribution < 1.29 is 14.7 Å². The molecular formula is C21H20N2O3. The normalized spacial score (nSPS) is 18.4. The highest BCUT2D eigenvalue weighted by atomic mass is 16.3. The number of anilines is 2. The van der Waals surface area contributed by atoms with E-state index in [0.29, 0.717) is 16.8 Å². The molecule has 5 nitrogen and oxygen atoms in total. The third-order valence-corrected chi connectivity index (χ3v) is 4.61. The largest absolute Gasteiger partial charge is 0.378 e. The maximum atomic E-state index is 12.8. The average molecular weight is 348 g/mol. The molecule has 1 aliphatic heterocycles. The van der Waals surface area contributed by atoms with Crippen LogP contribution < -0.4 is 9.80 Å². The van der Waals surface area contributed by atoms with Gasteiger partial charge in [-0.05, 0) is 30.3 Å². The van der Waals surface area contributed by atoms with Crippen LogP contribution in [0, 0.1) is 12.3 Å². The first-order valence-corrected chi connectivity index (χ1v) is 8.26. The number of carbonyl (C=O) groups is 2. The van der Waals surface area contributed by atoms with Crippen LogP contribution >= 0.6 is 0 Å². The molecule has 0 spiro atoms. The zero-order valence-electron chi connectivity index (χ0n) is 14.8. The predicted octanol–water partition coefficient (Wildman–Crippen LogP) is 2.19. The lowest BCUT2D eigenvalue weighted by molar-refractivity contribution is -0.135. The fourth-order valence-electron chi connectivity index (χ4n) is 3.21. The monoisotopic (exact) mass is 348 g/mol. The van der Waals surface area contributed by atoms with E-state index >= 15 is 0 Å². The van der Waals surface area contributed by atoms with E-state index in [2.05, 4.69) is 5.92 Å². The van der Waals surface area contributed by atoms with E-state index in [4.69, 9.17) is 6.42 Å². The Bertz CT molecular complexity index is 896. The summed E-state index contributed by atoms with van der Waals surface area (Å²) in [5.41, 5.74) is 0.477. The molecular weight excluding hydrogens is 328 g/mol. The number of terminal acetylenes is 1. The molecule has 5 heteroatoms. The van der Waals surface area contributed by atoms with Crippen molar-refractivity contribution >= 4 is 23.1 Å². The molecule has 0 aliphatic carbocycles. The van der Waals surface area contributed by atoms with Crippen LogP contribution in [0.1, 0.15) is 22.3 Å². The maximum absolute atomic E-state index is 12.8. The topological polar surface area (TPSA) is 60.9 Å². The van der Waals surface area contributed by atoms with Crippen molar-refractivity contribution in [3.05, 3.63) is 59.7 Å². The Kier molecular flexibility index (Phi) is 4.54. The molecule has 1 unspecified atom stereocenters. The standard InChI is InChI=1S/C21H20N2O3/c1-4-13-23-18-8-6-5-7-17(18)21(26,20(23)25)14-19(24)15-9-11-16(12-10-15)22(2)3/h1,5-12,26H,13-14H2,2-3H3. The molecule has 0 bridgehead atoms. The average Bonchev–Trinajstić information content (AvgIpc) is 2.84. The molecule has 3 rings (SSSR count). The van der Waals surface area contributed by atoms with E-state index < -0.39 is 11.5 Å². The molecule has 0 saturated heterocycles. The number of hydrogen-bond acceptors (Lipinski definition) is 4. The van der Waals surface area contributed by atoms with Gasteiger partial charge in [0, 0.05) is 30.9 Å². The Hall–Kier alpha value is -3.10. The van der Waals surface area contributed by atoms with Gasteiger partial charge in [0.1, 0.15) is 0 Å². The molecule has 0 fully saturated rings. The van der Waals surface area contributed by atoms with Gasteiger partial charge in [0.25, 0.3) is 5.91 Å². The summed E-state index contributed by atoms with van der Waals surface area (Å²) >= 11 is 0. The number of para-hydroxylation sites is 1. The molecule has 26 heavy (non-hydrogen) atoms. The van der Waals surface area contributed by atoms with Crippen molar-refractivity contribution in [2.24, 2.45) is 0 Å². The van der Waals surface area contributed by atoms with E-state index in [1.165, 1.54) is 4.90 Å². The summed E-state index contributed by atoms with van der Waals surface area (Å²) in [6.45, 7) is 0.0455. The van der Waals surface area contributed by atoms with E-state index in [1.807, 2.05) is 31.1 Å². The quantitative estimate of drug-likeness (QED) is 0.665. The number of rotatable bonds is 5. The number of nitrogens with zero attached hydrogens (tertiary/aromatic N) is 2. The highest BCUT2D eigenvalue weighted by Gasteiger charge is 2.50. The fourth-order valence-corrected chi connectivity index (χ4v) is 3.21. The van der Waals surface area contributed by atoms with Crippen molar-refractivity contribution in [2.45, 2.75) is 12.0 Å². The van der Waals surface area contributed by atoms with Crippen LogP contribution in [0.25, 0.3) is 0 Å². The number of ketones is 1. The van der Waals surface area contributed by atoms with Gasteiger partial charge in [-0.2, -0.15) is 0 Å². The highest BCUT2D eigenvalue weighted by Crippen LogP contribution is 2.42. The molecule has 0 aromatic heterocycles. The lowest BCUT2D eigenvalue weighted by Crippen LogP contribution is -2.42. The number of hydrogen-bond donors (Lipinski definition) is 1. The number of carbonyl (C=O) groups excluding carboxylic acids is 2. The first-order valence-electron chi connectivity index (χ1n) is 8.26. The van der Waals surface area contributed by atoms with Crippen molar-refractivity contribution in [1.82, 2.24) is 0 Å². The molecule has 1 atom stereocenters. The smallest absolute Gasteiger partial charge is 0.265 e. The summed E-state index contributed by atoms with van der Waals surface area (Å²) in [5.74, 6) is 1.56. The van der Waals surface area contributed by atoms with Gasteiger partial charge >= 0.3 is 0 Å². The minimum atomic E-state index is -1.90. The third kappa shape index (κ3) is 2.85. The Labute approximate surface area is 152 Å². The molecule has 1 heterocycles. The number of benzene rings is 2. The second-order valence-electron chi connectivity index (χ2n) is 6.51. The summed E-state index contributed by atoms with van der Waals surface area (Å²) in [5, 5.41) is 11.1. The Morgan fingerprint density at radius 1 is 1.19 bits per heavy atom. The van der Waals surface area contributed by atoms with Crippen molar-refractivity contribution in [3.8, 4) is 12.3 Å². The van der Waals surface area contributed by atoms with Crippen LogP contribution in [0.15, 0.2) is 48.5 Å². The lowest BCUT2D eigenvalue weighted by Gasteiger charge is -2.22. The zero-order chi connectivity index (χ0) is 18.9. The first kappa shape index (κ1) is 17.7. The Morgan fingerprint density at radius 3 is 2.46 bits per heavy atom. The van der Waals surface area contributed by atoms with Crippen LogP contribution in [-0.2, 0) is 10.4 Å². The highest BCUT2D eigenvalue weighted by molar-refractivity contribution is 6.11. The van der Waals surface area contributed by atoms with Gasteiger partial charge in [0.2, 0.25) is 0 Å². The summed E-state index contributed by atoms with van der Waals surface area (Å²) in [7, 11) is 3.82. The van der Waals surface area contributed by atoms with Crippen molar-refractivity contribution in [3.63, 3.8) is 0 Å². The van der Waals surface area contributed by atoms with Crippen LogP contribution in [0.3, 0.4) is 0 Å². The predicted molar refractivity (Wildman–Crippen MR) is 101 cm³/mol. The third-order valence-electron chi connectivity index (χ3n) is 4.61. The Balaban J connectivity index is 1.92. The van der Waals surface area contributed by atoms with Gasteiger partial charge in [-0.1, -0.05) is 24.1 Å². The van der Waals surface area contributed by atoms with Gasteiger partial charge in [0.15, 0.2) is 11.4 Å². The second-order valence-corrected chi connectivity index (χ2v) is 6.51. The number of Topliss-reactive ketones (excluding diaryl/α,β-unsaturated/α-hetero) is 1. The van der Waals surface area contributed by atoms with Gasteiger partial charge in [-0.25, -0.2) is 0 Å². The molecule has 0 saturated carbocycles. The zero-order valence-corrected chi connectivity index (χ0v) is 14.8. The van der Waals surface area contributed by atoms with E-state index in [9.17, 15) is 14.7 Å². The second kappa shape index (κ2) is 6.66. The van der Waals surface area contributed by atoms with E-state index in [1.54, 1.807) is 36.4 Å². The minimum Gasteiger partial charge on any atom is -0.378 e. The molecule has 2 aromatic rings. The SMILES string of the molecule is C#CCN1C(=O)C(O)(CC(=O)c2ccc(N(C)C)cc2)c2ccccc21. The molecule has 2 aromatic carbocycles. The fraction of sp³-hybridized carbons (Fsp3) is 0.238. The summed E-state index contributed by atoms with van der Waals surface area (Å²) < 4.78 is 0. The lowest BCUT2D eigenvalue weighted by atomic mass is 9.88. The van der Waals surface area contributed by atoms with E-state index in [-0.39, 0.29) is 18.7 Å². The van der Waals surface area contributed by atoms with Crippen LogP contribution in [0.4, 0.5) is 11.4 Å². The number of amides is 1.